The highest BCUT2D eigenvalue weighted by Crippen LogP contribution is 2.42. The molecule has 0 saturated heterocycles. The Hall–Kier alpha value is -2.72. The molecule has 0 bridgehead atoms. The van der Waals surface area contributed by atoms with Gasteiger partial charge in [0, 0.05) is 6.42 Å². The summed E-state index contributed by atoms with van der Waals surface area (Å²) < 4.78 is 10.2. The average Bonchev–Trinajstić information content (AvgIpc) is 3.18. The third kappa shape index (κ3) is 4.03. The molecular formula is C19H24N3O6S+. The monoisotopic (exact) mass is 422 g/mol. The number of hydrogen-bond acceptors (Lipinski definition) is 7. The van der Waals surface area contributed by atoms with E-state index in [4.69, 9.17) is 9.15 Å². The van der Waals surface area contributed by atoms with Crippen molar-refractivity contribution in [3.05, 3.63) is 44.0 Å². The van der Waals surface area contributed by atoms with Crippen LogP contribution in [0.15, 0.2) is 16.5 Å². The van der Waals surface area contributed by atoms with Gasteiger partial charge >= 0.3 is 11.9 Å². The number of quaternary nitrogens is 1. The van der Waals surface area contributed by atoms with Gasteiger partial charge in [0.15, 0.2) is 5.76 Å². The molecule has 10 heteroatoms. The molecule has 0 atom stereocenters. The van der Waals surface area contributed by atoms with Crippen LogP contribution < -0.4 is 10.6 Å². The SMILES string of the molecule is CCOC(=O)c1c(NC(=O)c2ccc([N+](=O)[O-])o2)sc2c1CC(C)(C)[NH2+]C2(C)C. The van der Waals surface area contributed by atoms with E-state index in [1.165, 1.54) is 17.4 Å². The standard InChI is InChI=1S/C19H23N3O6S/c1-6-27-17(24)13-10-9-18(2,3)21-19(4,5)14(10)29-16(13)20-15(23)11-7-8-12(28-11)22(25)26/h7-8,21H,6,9H2,1-5H3,(H,20,23)/p+1. The number of nitrogens with one attached hydrogen (secondary N) is 1. The molecule has 9 nitrogen and oxygen atoms in total. The zero-order valence-electron chi connectivity index (χ0n) is 17.0. The van der Waals surface area contributed by atoms with E-state index in [2.05, 4.69) is 38.3 Å². The third-order valence-electron chi connectivity index (χ3n) is 4.68. The highest BCUT2D eigenvalue weighted by atomic mass is 32.1. The lowest BCUT2D eigenvalue weighted by Crippen LogP contribution is -3.03. The molecule has 1 amide bonds. The van der Waals surface area contributed by atoms with E-state index in [-0.39, 0.29) is 23.4 Å². The van der Waals surface area contributed by atoms with Gasteiger partial charge in [0.2, 0.25) is 0 Å². The Balaban J connectivity index is 2.04. The molecule has 1 aliphatic rings. The minimum atomic E-state index is -0.717. The van der Waals surface area contributed by atoms with E-state index in [9.17, 15) is 19.7 Å². The van der Waals surface area contributed by atoms with Gasteiger partial charge < -0.3 is 19.8 Å². The summed E-state index contributed by atoms with van der Waals surface area (Å²) in [5, 5.41) is 16.1. The van der Waals surface area contributed by atoms with Crippen molar-refractivity contribution in [2.45, 2.75) is 52.1 Å². The Kier molecular flexibility index (Phi) is 5.26. The number of nitrogens with two attached hydrogens (primary N) is 1. The van der Waals surface area contributed by atoms with E-state index in [0.717, 1.165) is 16.5 Å². The second-order valence-electron chi connectivity index (χ2n) is 8.21. The molecule has 1 aliphatic heterocycles. The minimum absolute atomic E-state index is 0.137. The fourth-order valence-corrected chi connectivity index (χ4v) is 5.20. The summed E-state index contributed by atoms with van der Waals surface area (Å²) in [5.74, 6) is -1.89. The summed E-state index contributed by atoms with van der Waals surface area (Å²) in [6.45, 7) is 10.3. The van der Waals surface area contributed by atoms with E-state index in [1.54, 1.807) is 6.92 Å². The number of ether oxygens (including phenoxy) is 1. The van der Waals surface area contributed by atoms with E-state index >= 15 is 0 Å². The number of amides is 1. The van der Waals surface area contributed by atoms with Gasteiger partial charge in [-0.25, -0.2) is 4.79 Å². The zero-order chi connectivity index (χ0) is 21.6. The molecule has 3 N–H and O–H groups in total. The molecule has 0 radical (unpaired) electrons. The lowest BCUT2D eigenvalue weighted by atomic mass is 9.81. The first-order valence-electron chi connectivity index (χ1n) is 9.21. The number of esters is 1. The number of fused-ring (bicyclic) bond motifs is 1. The van der Waals surface area contributed by atoms with Crippen LogP contribution >= 0.6 is 11.3 Å². The zero-order valence-corrected chi connectivity index (χ0v) is 17.8. The van der Waals surface area contributed by atoms with Gasteiger partial charge in [0.1, 0.15) is 15.5 Å². The molecule has 156 valence electrons. The number of anilines is 1. The summed E-state index contributed by atoms with van der Waals surface area (Å²) in [7, 11) is 0. The Morgan fingerprint density at radius 1 is 1.34 bits per heavy atom. The summed E-state index contributed by atoms with van der Waals surface area (Å²) in [6.07, 6.45) is 0.637. The maximum Gasteiger partial charge on any atom is 0.433 e. The van der Waals surface area contributed by atoms with Crippen LogP contribution in [0.5, 0.6) is 0 Å². The Morgan fingerprint density at radius 3 is 2.62 bits per heavy atom. The van der Waals surface area contributed by atoms with E-state index in [1.807, 2.05) is 0 Å². The molecule has 2 aromatic heterocycles. The number of thiophene rings is 1. The van der Waals surface area contributed by atoms with Crippen LogP contribution in [0.25, 0.3) is 0 Å². The first-order valence-corrected chi connectivity index (χ1v) is 10.0. The number of furan rings is 1. The van der Waals surface area contributed by atoms with Gasteiger partial charge in [-0.05, 0) is 46.2 Å². The first-order chi connectivity index (χ1) is 13.4. The smallest absolute Gasteiger partial charge is 0.433 e. The molecule has 3 rings (SSSR count). The molecule has 0 fully saturated rings. The second kappa shape index (κ2) is 7.27. The maximum atomic E-state index is 12.7. The minimum Gasteiger partial charge on any atom is -0.462 e. The first kappa shape index (κ1) is 21.0. The Bertz CT molecular complexity index is 988. The lowest BCUT2D eigenvalue weighted by Gasteiger charge is -2.38. The highest BCUT2D eigenvalue weighted by molar-refractivity contribution is 7.17. The third-order valence-corrected chi connectivity index (χ3v) is 6.17. The normalized spacial score (nSPS) is 16.7. The number of carbonyl (C=O) groups excluding carboxylic acids is 2. The molecule has 29 heavy (non-hydrogen) atoms. The van der Waals surface area contributed by atoms with Crippen molar-refractivity contribution < 1.29 is 29.0 Å². The largest absolute Gasteiger partial charge is 0.462 e. The van der Waals surface area contributed by atoms with Crippen molar-refractivity contribution in [2.24, 2.45) is 0 Å². The van der Waals surface area contributed by atoms with Crippen molar-refractivity contribution in [3.63, 3.8) is 0 Å². The van der Waals surface area contributed by atoms with Crippen molar-refractivity contribution >= 4 is 34.1 Å². The van der Waals surface area contributed by atoms with Crippen LogP contribution in [-0.2, 0) is 16.7 Å². The summed E-state index contributed by atoms with van der Waals surface area (Å²) in [5.41, 5.74) is 0.777. The Morgan fingerprint density at radius 2 is 2.03 bits per heavy atom. The number of rotatable bonds is 5. The topological polar surface area (TPSA) is 128 Å². The van der Waals surface area contributed by atoms with Gasteiger partial charge in [0.05, 0.1) is 28.7 Å². The number of carbonyl (C=O) groups is 2. The van der Waals surface area contributed by atoms with Gasteiger partial charge in [0.25, 0.3) is 5.91 Å². The molecule has 0 aromatic carbocycles. The molecule has 0 spiro atoms. The predicted molar refractivity (Wildman–Crippen MR) is 106 cm³/mol. The lowest BCUT2D eigenvalue weighted by molar-refractivity contribution is -0.789. The molecule has 2 aromatic rings. The Labute approximate surface area is 171 Å². The number of nitro groups is 1. The van der Waals surface area contributed by atoms with Crippen molar-refractivity contribution in [3.8, 4) is 0 Å². The quantitative estimate of drug-likeness (QED) is 0.433. The van der Waals surface area contributed by atoms with Gasteiger partial charge in [-0.3, -0.25) is 14.9 Å². The number of nitrogens with zero attached hydrogens (tertiary/aromatic N) is 1. The van der Waals surface area contributed by atoms with Crippen LogP contribution in [0.4, 0.5) is 10.9 Å². The average molecular weight is 422 g/mol. The van der Waals surface area contributed by atoms with Crippen LogP contribution in [0.1, 0.15) is 66.0 Å². The van der Waals surface area contributed by atoms with Crippen molar-refractivity contribution in [2.75, 3.05) is 11.9 Å². The van der Waals surface area contributed by atoms with Crippen LogP contribution in [0.2, 0.25) is 0 Å². The van der Waals surface area contributed by atoms with Crippen LogP contribution in [0.3, 0.4) is 0 Å². The second-order valence-corrected chi connectivity index (χ2v) is 9.24. The highest BCUT2D eigenvalue weighted by Gasteiger charge is 2.45. The fourth-order valence-electron chi connectivity index (χ4n) is 3.92. The van der Waals surface area contributed by atoms with E-state index in [0.29, 0.717) is 17.0 Å². The predicted octanol–water partition coefficient (Wildman–Crippen LogP) is 2.81. The van der Waals surface area contributed by atoms with Gasteiger partial charge in [-0.15, -0.1) is 11.3 Å². The van der Waals surface area contributed by atoms with Crippen molar-refractivity contribution in [1.82, 2.24) is 0 Å². The maximum absolute atomic E-state index is 12.7. The summed E-state index contributed by atoms with van der Waals surface area (Å²) >= 11 is 1.32. The van der Waals surface area contributed by atoms with Gasteiger partial charge in [-0.1, -0.05) is 0 Å². The molecule has 0 saturated carbocycles. The molecule has 0 unspecified atom stereocenters. The van der Waals surface area contributed by atoms with Crippen LogP contribution in [-0.4, -0.2) is 28.9 Å². The number of hydrogen-bond donors (Lipinski definition) is 2. The molecule has 3 heterocycles. The summed E-state index contributed by atoms with van der Waals surface area (Å²) in [4.78, 5) is 36.4. The molecular weight excluding hydrogens is 398 g/mol. The van der Waals surface area contributed by atoms with Crippen molar-refractivity contribution in [1.29, 1.82) is 0 Å². The fraction of sp³-hybridized carbons (Fsp3) is 0.474. The van der Waals surface area contributed by atoms with E-state index < -0.39 is 22.7 Å². The van der Waals surface area contributed by atoms with Gasteiger partial charge in [-0.2, -0.15) is 0 Å². The van der Waals surface area contributed by atoms with Crippen LogP contribution in [0, 0.1) is 10.1 Å². The summed E-state index contributed by atoms with van der Waals surface area (Å²) in [6, 6.07) is 2.34. The molecule has 0 aliphatic carbocycles.